The summed E-state index contributed by atoms with van der Waals surface area (Å²) in [5.41, 5.74) is 17.7. The third-order valence-electron chi connectivity index (χ3n) is 14.4. The summed E-state index contributed by atoms with van der Waals surface area (Å²) in [4.78, 5) is 2.43. The number of para-hydroxylation sites is 2. The van der Waals surface area contributed by atoms with Crippen LogP contribution in [0.2, 0.25) is 0 Å². The number of benzene rings is 11. The average Bonchev–Trinajstić information content (AvgIpc) is 4.06. The lowest BCUT2D eigenvalue weighted by atomic mass is 9.68. The molecule has 11 aromatic carbocycles. The summed E-state index contributed by atoms with van der Waals surface area (Å²) in [6, 6.07) is 93.0. The molecule has 1 aliphatic carbocycles. The SMILES string of the molecule is c1ccc(-n2c3cc(-c4ccc(N(c5ccc6c(c5)oc5ccccc56)c5cccc6c5-c5ccccc5C6(c5ccccc5)c5ccccc5)cc4)ccc3c3ccc4ccccc4c32)cc1. The zero-order chi connectivity index (χ0) is 44.8. The van der Waals surface area contributed by atoms with Crippen LogP contribution in [0.3, 0.4) is 0 Å². The van der Waals surface area contributed by atoms with Gasteiger partial charge in [0.2, 0.25) is 0 Å². The van der Waals surface area contributed by atoms with Gasteiger partial charge in [0.05, 0.1) is 22.1 Å². The number of furan rings is 1. The molecule has 0 bridgehead atoms. The average molecular weight is 867 g/mol. The molecule has 68 heavy (non-hydrogen) atoms. The lowest BCUT2D eigenvalue weighted by molar-refractivity contribution is 0.669. The van der Waals surface area contributed by atoms with Crippen molar-refractivity contribution in [3.05, 3.63) is 277 Å². The van der Waals surface area contributed by atoms with E-state index in [0.717, 1.165) is 55.8 Å². The maximum Gasteiger partial charge on any atom is 0.137 e. The highest BCUT2D eigenvalue weighted by Crippen LogP contribution is 2.59. The third-order valence-corrected chi connectivity index (χ3v) is 14.4. The Bertz CT molecular complexity index is 4030. The van der Waals surface area contributed by atoms with Crippen molar-refractivity contribution < 1.29 is 4.42 Å². The lowest BCUT2D eigenvalue weighted by Gasteiger charge is -2.34. The fourth-order valence-electron chi connectivity index (χ4n) is 11.5. The third kappa shape index (κ3) is 5.60. The Balaban J connectivity index is 0.977. The van der Waals surface area contributed by atoms with E-state index in [1.165, 1.54) is 66.0 Å². The molecule has 0 saturated carbocycles. The summed E-state index contributed by atoms with van der Waals surface area (Å²) in [5.74, 6) is 0. The van der Waals surface area contributed by atoms with Crippen LogP contribution in [0.15, 0.2) is 259 Å². The quantitative estimate of drug-likeness (QED) is 0.159. The highest BCUT2D eigenvalue weighted by Gasteiger charge is 2.47. The number of rotatable bonds is 7. The zero-order valence-corrected chi connectivity index (χ0v) is 37.1. The first-order chi connectivity index (χ1) is 33.7. The van der Waals surface area contributed by atoms with Crippen molar-refractivity contribution in [1.82, 2.24) is 4.57 Å². The zero-order valence-electron chi connectivity index (χ0n) is 37.1. The molecule has 0 saturated heterocycles. The van der Waals surface area contributed by atoms with Gasteiger partial charge in [-0.05, 0) is 98.9 Å². The summed E-state index contributed by atoms with van der Waals surface area (Å²) < 4.78 is 9.03. The smallest absolute Gasteiger partial charge is 0.137 e. The van der Waals surface area contributed by atoms with Crippen LogP contribution in [-0.4, -0.2) is 4.57 Å². The molecule has 1 aliphatic rings. The maximum atomic E-state index is 6.58. The van der Waals surface area contributed by atoms with Gasteiger partial charge in [0.15, 0.2) is 0 Å². The number of fused-ring (bicyclic) bond motifs is 11. The molecule has 13 aromatic rings. The molecule has 3 nitrogen and oxygen atoms in total. The van der Waals surface area contributed by atoms with Gasteiger partial charge < -0.3 is 13.9 Å². The Morgan fingerprint density at radius 1 is 0.382 bits per heavy atom. The minimum atomic E-state index is -0.532. The highest BCUT2D eigenvalue weighted by molar-refractivity contribution is 6.19. The number of hydrogen-bond acceptors (Lipinski definition) is 2. The van der Waals surface area contributed by atoms with Gasteiger partial charge in [-0.2, -0.15) is 0 Å². The Morgan fingerprint density at radius 3 is 1.78 bits per heavy atom. The molecule has 0 atom stereocenters. The summed E-state index contributed by atoms with van der Waals surface area (Å²) in [6.45, 7) is 0. The van der Waals surface area contributed by atoms with Gasteiger partial charge in [-0.1, -0.05) is 194 Å². The largest absolute Gasteiger partial charge is 0.456 e. The maximum absolute atomic E-state index is 6.58. The standard InChI is InChI=1S/C65H42N2O/c1-4-18-46(19-5-1)65(47-20-6-2-7-21-47)57-27-14-12-26-56(57)63-58(65)28-16-29-59(63)66(50-37-40-54-53-25-13-15-30-61(53)68-62(54)42-50)49-35-31-43(32-36-49)45-34-38-52-55-39-33-44-17-10-11-24-51(44)64(55)67(60(52)41-45)48-22-8-3-9-23-48/h1-42H. The van der Waals surface area contributed by atoms with Crippen LogP contribution in [0.5, 0.6) is 0 Å². The Morgan fingerprint density at radius 2 is 0.985 bits per heavy atom. The molecule has 2 aromatic heterocycles. The molecule has 318 valence electrons. The van der Waals surface area contributed by atoms with E-state index in [9.17, 15) is 0 Å². The Hall–Kier alpha value is -8.92. The van der Waals surface area contributed by atoms with Crippen molar-refractivity contribution in [2.24, 2.45) is 0 Å². The van der Waals surface area contributed by atoms with E-state index in [1.807, 2.05) is 6.07 Å². The molecule has 0 amide bonds. The normalized spacial score (nSPS) is 12.8. The summed E-state index contributed by atoms with van der Waals surface area (Å²) in [5, 5.41) is 7.19. The summed E-state index contributed by atoms with van der Waals surface area (Å²) in [6.07, 6.45) is 0. The molecule has 14 rings (SSSR count). The molecule has 2 heterocycles. The van der Waals surface area contributed by atoms with E-state index >= 15 is 0 Å². The van der Waals surface area contributed by atoms with E-state index in [0.29, 0.717) is 0 Å². The van der Waals surface area contributed by atoms with Gasteiger partial charge in [-0.15, -0.1) is 0 Å². The van der Waals surface area contributed by atoms with E-state index in [4.69, 9.17) is 4.42 Å². The molecule has 0 spiro atoms. The van der Waals surface area contributed by atoms with Crippen LogP contribution in [0.1, 0.15) is 22.3 Å². The van der Waals surface area contributed by atoms with Crippen LogP contribution < -0.4 is 4.90 Å². The molecular formula is C65H42N2O. The van der Waals surface area contributed by atoms with Crippen molar-refractivity contribution in [3.63, 3.8) is 0 Å². The van der Waals surface area contributed by atoms with Crippen LogP contribution in [-0.2, 0) is 5.41 Å². The molecule has 3 heteroatoms. The lowest BCUT2D eigenvalue weighted by Crippen LogP contribution is -2.28. The molecule has 0 fully saturated rings. The van der Waals surface area contributed by atoms with Crippen molar-refractivity contribution >= 4 is 71.6 Å². The summed E-state index contributed by atoms with van der Waals surface area (Å²) in [7, 11) is 0. The van der Waals surface area contributed by atoms with E-state index in [2.05, 4.69) is 258 Å². The highest BCUT2D eigenvalue weighted by atomic mass is 16.3. The van der Waals surface area contributed by atoms with E-state index < -0.39 is 5.41 Å². The van der Waals surface area contributed by atoms with E-state index in [1.54, 1.807) is 0 Å². The minimum Gasteiger partial charge on any atom is -0.456 e. The number of nitrogens with zero attached hydrogens (tertiary/aromatic N) is 2. The molecule has 0 N–H and O–H groups in total. The second-order valence-corrected chi connectivity index (χ2v) is 18.0. The molecular weight excluding hydrogens is 825 g/mol. The predicted molar refractivity (Wildman–Crippen MR) is 283 cm³/mol. The number of anilines is 3. The Labute approximate surface area is 394 Å². The van der Waals surface area contributed by atoms with Gasteiger partial charge in [0, 0.05) is 55.6 Å². The van der Waals surface area contributed by atoms with Gasteiger partial charge in [0.1, 0.15) is 11.2 Å². The predicted octanol–water partition coefficient (Wildman–Crippen LogP) is 17.3. The van der Waals surface area contributed by atoms with Crippen molar-refractivity contribution in [1.29, 1.82) is 0 Å². The Kier molecular flexibility index (Phi) is 8.50. The van der Waals surface area contributed by atoms with Crippen molar-refractivity contribution in [2.75, 3.05) is 4.90 Å². The fraction of sp³-hybridized carbons (Fsp3) is 0.0154. The second kappa shape index (κ2) is 15.1. The van der Waals surface area contributed by atoms with Gasteiger partial charge >= 0.3 is 0 Å². The number of aromatic nitrogens is 1. The topological polar surface area (TPSA) is 21.3 Å². The fourth-order valence-corrected chi connectivity index (χ4v) is 11.5. The molecule has 0 aliphatic heterocycles. The van der Waals surface area contributed by atoms with Gasteiger partial charge in [-0.3, -0.25) is 0 Å². The first-order valence-corrected chi connectivity index (χ1v) is 23.4. The van der Waals surface area contributed by atoms with Gasteiger partial charge in [0.25, 0.3) is 0 Å². The van der Waals surface area contributed by atoms with Crippen LogP contribution in [0, 0.1) is 0 Å². The van der Waals surface area contributed by atoms with Crippen molar-refractivity contribution in [2.45, 2.75) is 5.41 Å². The monoisotopic (exact) mass is 866 g/mol. The van der Waals surface area contributed by atoms with Crippen molar-refractivity contribution in [3.8, 4) is 27.9 Å². The van der Waals surface area contributed by atoms with Gasteiger partial charge in [-0.25, -0.2) is 0 Å². The first-order valence-electron chi connectivity index (χ1n) is 23.4. The molecule has 0 radical (unpaired) electrons. The number of hydrogen-bond donors (Lipinski definition) is 0. The second-order valence-electron chi connectivity index (χ2n) is 18.0. The van der Waals surface area contributed by atoms with Crippen LogP contribution in [0.25, 0.3) is 82.5 Å². The minimum absolute atomic E-state index is 0.532. The van der Waals surface area contributed by atoms with E-state index in [-0.39, 0.29) is 0 Å². The summed E-state index contributed by atoms with van der Waals surface area (Å²) >= 11 is 0. The molecule has 0 unspecified atom stereocenters. The van der Waals surface area contributed by atoms with Crippen LogP contribution >= 0.6 is 0 Å². The van der Waals surface area contributed by atoms with Crippen LogP contribution in [0.4, 0.5) is 17.1 Å². The first kappa shape index (κ1) is 38.4.